The number of aromatic nitrogens is 1. The maximum absolute atomic E-state index is 12.9. The van der Waals surface area contributed by atoms with Crippen LogP contribution in [0.2, 0.25) is 0 Å². The number of ether oxygens (including phenoxy) is 1. The van der Waals surface area contributed by atoms with Gasteiger partial charge in [-0.3, -0.25) is 9.78 Å². The van der Waals surface area contributed by atoms with E-state index in [9.17, 15) is 14.0 Å². The molecule has 0 unspecified atom stereocenters. The predicted octanol–water partition coefficient (Wildman–Crippen LogP) is 2.81. The number of esters is 1. The molecule has 0 radical (unpaired) electrons. The molecule has 124 valence electrons. The summed E-state index contributed by atoms with van der Waals surface area (Å²) in [5.74, 6) is -0.805. The number of carbonyl (C=O) groups excluding carboxylic acids is 2. The van der Waals surface area contributed by atoms with E-state index in [0.717, 1.165) is 18.5 Å². The topological polar surface area (TPSA) is 68.3 Å². The van der Waals surface area contributed by atoms with Crippen LogP contribution in [-0.4, -0.2) is 24.0 Å². The van der Waals surface area contributed by atoms with Crippen molar-refractivity contribution in [3.05, 3.63) is 64.7 Å². The minimum atomic E-state index is -0.397. The molecule has 0 aliphatic heterocycles. The average Bonchev–Trinajstić information content (AvgIpc) is 3.44. The van der Waals surface area contributed by atoms with Gasteiger partial charge in [0.05, 0.1) is 30.6 Å². The Labute approximate surface area is 138 Å². The molecule has 0 saturated heterocycles. The minimum Gasteiger partial charge on any atom is -0.465 e. The lowest BCUT2D eigenvalue weighted by Crippen LogP contribution is -2.23. The molecule has 24 heavy (non-hydrogen) atoms. The maximum Gasteiger partial charge on any atom is 0.339 e. The quantitative estimate of drug-likeness (QED) is 0.857. The van der Waals surface area contributed by atoms with Gasteiger partial charge in [-0.05, 0) is 49.2 Å². The number of hydrogen-bond donors (Lipinski definition) is 1. The van der Waals surface area contributed by atoms with E-state index in [1.807, 2.05) is 0 Å². The van der Waals surface area contributed by atoms with Gasteiger partial charge in [-0.1, -0.05) is 0 Å². The Balaban J connectivity index is 1.71. The number of methoxy groups -OCH3 is 1. The van der Waals surface area contributed by atoms with E-state index < -0.39 is 5.97 Å². The summed E-state index contributed by atoms with van der Waals surface area (Å²) in [5.41, 5.74) is 2.26. The fourth-order valence-corrected chi connectivity index (χ4v) is 2.44. The summed E-state index contributed by atoms with van der Waals surface area (Å²) in [7, 11) is 1.34. The smallest absolute Gasteiger partial charge is 0.339 e. The molecule has 1 saturated carbocycles. The van der Waals surface area contributed by atoms with Gasteiger partial charge in [0, 0.05) is 11.5 Å². The van der Waals surface area contributed by atoms with Gasteiger partial charge >= 0.3 is 5.97 Å². The van der Waals surface area contributed by atoms with Crippen LogP contribution < -0.4 is 5.32 Å². The molecule has 5 nitrogen and oxygen atoms in total. The fourth-order valence-electron chi connectivity index (χ4n) is 2.44. The van der Waals surface area contributed by atoms with Crippen molar-refractivity contribution in [3.8, 4) is 0 Å². The molecule has 6 heteroatoms. The van der Waals surface area contributed by atoms with Crippen molar-refractivity contribution in [1.82, 2.24) is 10.3 Å². The number of nitrogens with zero attached hydrogens (tertiary/aromatic N) is 1. The molecule has 2 aromatic rings. The van der Waals surface area contributed by atoms with Gasteiger partial charge in [0.2, 0.25) is 0 Å². The van der Waals surface area contributed by atoms with Crippen molar-refractivity contribution in [1.29, 1.82) is 0 Å². The molecule has 0 spiro atoms. The van der Waals surface area contributed by atoms with Crippen molar-refractivity contribution in [3.63, 3.8) is 0 Å². The first-order valence-electron chi connectivity index (χ1n) is 7.70. The number of carbonyl (C=O) groups is 2. The molecular formula is C18H17FN2O3. The predicted molar refractivity (Wildman–Crippen MR) is 85.1 cm³/mol. The van der Waals surface area contributed by atoms with E-state index in [4.69, 9.17) is 4.74 Å². The Kier molecular flexibility index (Phi) is 4.55. The van der Waals surface area contributed by atoms with E-state index in [-0.39, 0.29) is 24.2 Å². The number of halogens is 1. The van der Waals surface area contributed by atoms with Crippen LogP contribution >= 0.6 is 0 Å². The lowest BCUT2D eigenvalue weighted by atomic mass is 10.1. The molecule has 0 atom stereocenters. The van der Waals surface area contributed by atoms with Crippen LogP contribution in [0.3, 0.4) is 0 Å². The van der Waals surface area contributed by atoms with Crippen LogP contribution in [0.15, 0.2) is 36.4 Å². The van der Waals surface area contributed by atoms with Crippen LogP contribution in [0.25, 0.3) is 0 Å². The molecule has 1 aliphatic rings. The molecule has 3 rings (SSSR count). The maximum atomic E-state index is 12.9. The third-order valence-corrected chi connectivity index (χ3v) is 3.89. The highest BCUT2D eigenvalue weighted by Crippen LogP contribution is 2.40. The minimum absolute atomic E-state index is 0.234. The third kappa shape index (κ3) is 3.59. The Morgan fingerprint density at radius 3 is 2.54 bits per heavy atom. The van der Waals surface area contributed by atoms with E-state index in [0.29, 0.717) is 16.8 Å². The largest absolute Gasteiger partial charge is 0.465 e. The number of nitrogens with one attached hydrogen (secondary N) is 1. The second-order valence-electron chi connectivity index (χ2n) is 5.69. The van der Waals surface area contributed by atoms with Gasteiger partial charge < -0.3 is 10.1 Å². The molecule has 0 bridgehead atoms. The van der Waals surface area contributed by atoms with Crippen molar-refractivity contribution in [2.45, 2.75) is 25.3 Å². The Morgan fingerprint density at radius 1 is 1.21 bits per heavy atom. The van der Waals surface area contributed by atoms with Crippen LogP contribution in [0.5, 0.6) is 0 Å². The van der Waals surface area contributed by atoms with Crippen molar-refractivity contribution < 1.29 is 18.7 Å². The zero-order valence-corrected chi connectivity index (χ0v) is 13.2. The van der Waals surface area contributed by atoms with E-state index >= 15 is 0 Å². The van der Waals surface area contributed by atoms with Gasteiger partial charge in [-0.2, -0.15) is 0 Å². The van der Waals surface area contributed by atoms with E-state index in [2.05, 4.69) is 10.3 Å². The summed E-state index contributed by atoms with van der Waals surface area (Å²) in [5, 5.41) is 2.74. The molecule has 1 amide bonds. The molecular weight excluding hydrogens is 311 g/mol. The fraction of sp³-hybridized carbons (Fsp3) is 0.278. The van der Waals surface area contributed by atoms with Gasteiger partial charge in [-0.25, -0.2) is 9.18 Å². The Bertz CT molecular complexity index is 770. The molecule has 1 aromatic carbocycles. The first kappa shape index (κ1) is 16.1. The number of benzene rings is 1. The zero-order chi connectivity index (χ0) is 17.1. The number of amides is 1. The summed E-state index contributed by atoms with van der Waals surface area (Å²) >= 11 is 0. The molecule has 1 fully saturated rings. The van der Waals surface area contributed by atoms with Gasteiger partial charge in [0.1, 0.15) is 5.82 Å². The highest BCUT2D eigenvalue weighted by molar-refractivity contribution is 5.94. The van der Waals surface area contributed by atoms with Crippen molar-refractivity contribution in [2.75, 3.05) is 7.11 Å². The Hall–Kier alpha value is -2.76. The monoisotopic (exact) mass is 328 g/mol. The molecule has 1 N–H and O–H groups in total. The van der Waals surface area contributed by atoms with Gasteiger partial charge in [0.25, 0.3) is 5.91 Å². The summed E-state index contributed by atoms with van der Waals surface area (Å²) < 4.78 is 17.7. The number of rotatable bonds is 5. The summed E-state index contributed by atoms with van der Waals surface area (Å²) in [6.45, 7) is 0.234. The summed E-state index contributed by atoms with van der Waals surface area (Å²) in [6, 6.07) is 8.71. The third-order valence-electron chi connectivity index (χ3n) is 3.89. The normalized spacial score (nSPS) is 13.4. The highest BCUT2D eigenvalue weighted by atomic mass is 19.1. The molecule has 1 heterocycles. The number of hydrogen-bond acceptors (Lipinski definition) is 4. The first-order chi connectivity index (χ1) is 11.6. The summed E-state index contributed by atoms with van der Waals surface area (Å²) in [6.07, 6.45) is 2.00. The lowest BCUT2D eigenvalue weighted by molar-refractivity contribution is 0.0598. The van der Waals surface area contributed by atoms with Crippen LogP contribution in [0, 0.1) is 5.82 Å². The second-order valence-corrected chi connectivity index (χ2v) is 5.69. The molecule has 1 aromatic heterocycles. The van der Waals surface area contributed by atoms with E-state index in [1.54, 1.807) is 12.1 Å². The van der Waals surface area contributed by atoms with Crippen LogP contribution in [0.1, 0.15) is 50.9 Å². The molecule has 1 aliphatic carbocycles. The number of pyridine rings is 1. The SMILES string of the molecule is COC(=O)c1ccc(CNC(=O)c2ccc(F)cc2)nc1C1CC1. The van der Waals surface area contributed by atoms with Crippen LogP contribution in [-0.2, 0) is 11.3 Å². The zero-order valence-electron chi connectivity index (χ0n) is 13.2. The van der Waals surface area contributed by atoms with Crippen molar-refractivity contribution in [2.24, 2.45) is 0 Å². The van der Waals surface area contributed by atoms with Gasteiger partial charge in [0.15, 0.2) is 0 Å². The second kappa shape index (κ2) is 6.78. The highest BCUT2D eigenvalue weighted by Gasteiger charge is 2.30. The average molecular weight is 328 g/mol. The Morgan fingerprint density at radius 2 is 1.92 bits per heavy atom. The van der Waals surface area contributed by atoms with Crippen molar-refractivity contribution >= 4 is 11.9 Å². The lowest BCUT2D eigenvalue weighted by Gasteiger charge is -2.10. The first-order valence-corrected chi connectivity index (χ1v) is 7.70. The van der Waals surface area contributed by atoms with Crippen LogP contribution in [0.4, 0.5) is 4.39 Å². The standard InChI is InChI=1S/C18H17FN2O3/c1-24-18(23)15-9-8-14(21-16(15)11-2-3-11)10-20-17(22)12-4-6-13(19)7-5-12/h4-9,11H,2-3,10H2,1H3,(H,20,22). The van der Waals surface area contributed by atoms with E-state index in [1.165, 1.54) is 31.4 Å². The van der Waals surface area contributed by atoms with Gasteiger partial charge in [-0.15, -0.1) is 0 Å². The summed E-state index contributed by atoms with van der Waals surface area (Å²) in [4.78, 5) is 28.3.